The summed E-state index contributed by atoms with van der Waals surface area (Å²) in [6.45, 7) is 8.30. The monoisotopic (exact) mass is 510 g/mol. The van der Waals surface area contributed by atoms with Crippen LogP contribution in [-0.2, 0) is 11.3 Å². The molecule has 36 heavy (non-hydrogen) atoms. The summed E-state index contributed by atoms with van der Waals surface area (Å²) in [6, 6.07) is 14.7. The molecule has 2 aromatic carbocycles. The van der Waals surface area contributed by atoms with Gasteiger partial charge in [0, 0.05) is 24.2 Å². The lowest BCUT2D eigenvalue weighted by atomic mass is 10.0. The molecule has 0 aliphatic heterocycles. The van der Waals surface area contributed by atoms with Crippen molar-refractivity contribution in [1.82, 2.24) is 25.4 Å². The number of hydrogen-bond donors (Lipinski definition) is 2. The third-order valence-electron chi connectivity index (χ3n) is 5.62. The molecule has 0 radical (unpaired) electrons. The van der Waals surface area contributed by atoms with Crippen LogP contribution in [0.1, 0.15) is 61.5 Å². The molecule has 10 nitrogen and oxygen atoms in total. The van der Waals surface area contributed by atoms with Crippen molar-refractivity contribution in [3.8, 4) is 0 Å². The Morgan fingerprint density at radius 3 is 2.42 bits per heavy atom. The van der Waals surface area contributed by atoms with Crippen LogP contribution in [0.15, 0.2) is 59.8 Å². The zero-order valence-electron chi connectivity index (χ0n) is 20.7. The van der Waals surface area contributed by atoms with Crippen LogP contribution in [0, 0.1) is 16.0 Å². The number of aromatic nitrogens is 3. The van der Waals surface area contributed by atoms with E-state index in [4.69, 9.17) is 0 Å². The number of nitrogens with zero attached hydrogens (tertiary/aromatic N) is 4. The van der Waals surface area contributed by atoms with Gasteiger partial charge in [-0.3, -0.25) is 19.7 Å². The highest BCUT2D eigenvalue weighted by atomic mass is 32.2. The first kappa shape index (κ1) is 26.9. The van der Waals surface area contributed by atoms with Crippen LogP contribution >= 0.6 is 11.8 Å². The number of carbonyl (C=O) groups excluding carboxylic acids is 2. The van der Waals surface area contributed by atoms with Crippen molar-refractivity contribution in [1.29, 1.82) is 0 Å². The van der Waals surface area contributed by atoms with Crippen molar-refractivity contribution in [3.63, 3.8) is 0 Å². The van der Waals surface area contributed by atoms with E-state index in [2.05, 4.69) is 20.8 Å². The van der Waals surface area contributed by atoms with Gasteiger partial charge in [0.2, 0.25) is 5.91 Å². The van der Waals surface area contributed by atoms with Gasteiger partial charge in [-0.1, -0.05) is 62.0 Å². The maximum atomic E-state index is 12.9. The highest BCUT2D eigenvalue weighted by Gasteiger charge is 2.27. The average Bonchev–Trinajstić information content (AvgIpc) is 3.28. The first-order valence-electron chi connectivity index (χ1n) is 11.7. The summed E-state index contributed by atoms with van der Waals surface area (Å²) < 4.78 is 1.87. The molecule has 190 valence electrons. The first-order chi connectivity index (χ1) is 17.2. The SMILES string of the molecule is CCn1c(SCC(=O)N[C@H](C)c2ccccc2)nnc1[C@@H](NC(=O)c1cccc([N+](=O)[O-])c1)C(C)C. The van der Waals surface area contributed by atoms with E-state index in [1.807, 2.05) is 62.6 Å². The minimum absolute atomic E-state index is 0.0324. The molecule has 0 saturated carbocycles. The van der Waals surface area contributed by atoms with Gasteiger partial charge in [0.1, 0.15) is 0 Å². The Hall–Kier alpha value is -3.73. The Morgan fingerprint density at radius 1 is 1.06 bits per heavy atom. The van der Waals surface area contributed by atoms with E-state index in [1.165, 1.54) is 36.0 Å². The van der Waals surface area contributed by atoms with Gasteiger partial charge < -0.3 is 15.2 Å². The summed E-state index contributed by atoms with van der Waals surface area (Å²) >= 11 is 1.28. The van der Waals surface area contributed by atoms with E-state index in [0.29, 0.717) is 17.5 Å². The molecule has 3 aromatic rings. The van der Waals surface area contributed by atoms with E-state index in [-0.39, 0.29) is 34.9 Å². The lowest BCUT2D eigenvalue weighted by molar-refractivity contribution is -0.384. The summed E-state index contributed by atoms with van der Waals surface area (Å²) in [7, 11) is 0. The molecule has 0 unspecified atom stereocenters. The molecule has 0 aliphatic rings. The molecule has 0 saturated heterocycles. The fourth-order valence-electron chi connectivity index (χ4n) is 3.69. The maximum Gasteiger partial charge on any atom is 0.270 e. The predicted octanol–water partition coefficient (Wildman–Crippen LogP) is 4.30. The van der Waals surface area contributed by atoms with Crippen LogP contribution in [0.3, 0.4) is 0 Å². The molecule has 1 heterocycles. The quantitative estimate of drug-likeness (QED) is 0.223. The van der Waals surface area contributed by atoms with E-state index >= 15 is 0 Å². The van der Waals surface area contributed by atoms with Crippen LogP contribution in [0.5, 0.6) is 0 Å². The van der Waals surface area contributed by atoms with Gasteiger partial charge in [-0.2, -0.15) is 0 Å². The predicted molar refractivity (Wildman–Crippen MR) is 138 cm³/mol. The van der Waals surface area contributed by atoms with E-state index in [0.717, 1.165) is 5.56 Å². The maximum absolute atomic E-state index is 12.9. The largest absolute Gasteiger partial charge is 0.349 e. The third-order valence-corrected chi connectivity index (χ3v) is 6.59. The second kappa shape index (κ2) is 12.3. The molecule has 0 fully saturated rings. The van der Waals surface area contributed by atoms with Gasteiger partial charge in [-0.05, 0) is 31.4 Å². The van der Waals surface area contributed by atoms with Crippen LogP contribution in [0.2, 0.25) is 0 Å². The molecule has 3 rings (SSSR count). The number of non-ortho nitro benzene ring substituents is 1. The number of carbonyl (C=O) groups is 2. The number of hydrogen-bond acceptors (Lipinski definition) is 7. The molecule has 2 atom stereocenters. The molecule has 2 amide bonds. The Bertz CT molecular complexity index is 1210. The normalized spacial score (nSPS) is 12.7. The molecule has 0 bridgehead atoms. The number of thioether (sulfide) groups is 1. The van der Waals surface area contributed by atoms with E-state index in [1.54, 1.807) is 0 Å². The minimum Gasteiger partial charge on any atom is -0.349 e. The molecule has 0 spiro atoms. The summed E-state index contributed by atoms with van der Waals surface area (Å²) in [5.74, 6) is 0.137. The standard InChI is InChI=1S/C25H30N6O4S/c1-5-30-23(22(16(2)3)27-24(33)19-12-9-13-20(14-19)31(34)35)28-29-25(30)36-15-21(32)26-17(4)18-10-7-6-8-11-18/h6-14,16-17,22H,5,15H2,1-4H3,(H,26,32)(H,27,33)/t17-,22+/m1/s1. The van der Waals surface area contributed by atoms with Gasteiger partial charge in [0.15, 0.2) is 11.0 Å². The second-order valence-electron chi connectivity index (χ2n) is 8.58. The molecule has 11 heteroatoms. The van der Waals surface area contributed by atoms with Crippen molar-refractivity contribution >= 4 is 29.3 Å². The number of nitrogens with one attached hydrogen (secondary N) is 2. The van der Waals surface area contributed by atoms with Crippen LogP contribution in [-0.4, -0.2) is 37.3 Å². The minimum atomic E-state index is -0.537. The highest BCUT2D eigenvalue weighted by molar-refractivity contribution is 7.99. The van der Waals surface area contributed by atoms with Crippen molar-refractivity contribution in [2.75, 3.05) is 5.75 Å². The van der Waals surface area contributed by atoms with Crippen molar-refractivity contribution in [2.24, 2.45) is 5.92 Å². The van der Waals surface area contributed by atoms with Crippen LogP contribution in [0.25, 0.3) is 0 Å². The highest BCUT2D eigenvalue weighted by Crippen LogP contribution is 2.26. The Balaban J connectivity index is 1.70. The second-order valence-corrected chi connectivity index (χ2v) is 9.52. The van der Waals surface area contributed by atoms with Gasteiger partial charge >= 0.3 is 0 Å². The number of benzene rings is 2. The zero-order chi connectivity index (χ0) is 26.2. The molecule has 2 N–H and O–H groups in total. The smallest absolute Gasteiger partial charge is 0.270 e. The van der Waals surface area contributed by atoms with Crippen LogP contribution < -0.4 is 10.6 Å². The van der Waals surface area contributed by atoms with Gasteiger partial charge in [-0.25, -0.2) is 0 Å². The molecule has 1 aromatic heterocycles. The van der Waals surface area contributed by atoms with Crippen molar-refractivity contribution < 1.29 is 14.5 Å². The molecular weight excluding hydrogens is 480 g/mol. The van der Waals surface area contributed by atoms with Gasteiger partial charge in [-0.15, -0.1) is 10.2 Å². The van der Waals surface area contributed by atoms with Crippen molar-refractivity contribution in [2.45, 2.75) is 51.5 Å². The number of nitro groups is 1. The van der Waals surface area contributed by atoms with Gasteiger partial charge in [0.25, 0.3) is 11.6 Å². The number of amides is 2. The topological polar surface area (TPSA) is 132 Å². The number of rotatable bonds is 11. The Morgan fingerprint density at radius 2 is 1.78 bits per heavy atom. The third kappa shape index (κ3) is 6.69. The molecule has 0 aliphatic carbocycles. The zero-order valence-corrected chi connectivity index (χ0v) is 21.5. The van der Waals surface area contributed by atoms with E-state index in [9.17, 15) is 19.7 Å². The summed E-state index contributed by atoms with van der Waals surface area (Å²) in [5.41, 5.74) is 1.06. The Kier molecular flexibility index (Phi) is 9.18. The first-order valence-corrected chi connectivity index (χ1v) is 12.6. The van der Waals surface area contributed by atoms with Crippen LogP contribution in [0.4, 0.5) is 5.69 Å². The van der Waals surface area contributed by atoms with E-state index < -0.39 is 16.9 Å². The Labute approximate surface area is 214 Å². The fourth-order valence-corrected chi connectivity index (χ4v) is 4.51. The summed E-state index contributed by atoms with van der Waals surface area (Å²) in [6.07, 6.45) is 0. The fraction of sp³-hybridized carbons (Fsp3) is 0.360. The lowest BCUT2D eigenvalue weighted by Gasteiger charge is -2.22. The number of nitro benzene ring substituents is 1. The average molecular weight is 511 g/mol. The van der Waals surface area contributed by atoms with Crippen molar-refractivity contribution in [3.05, 3.63) is 81.7 Å². The lowest BCUT2D eigenvalue weighted by Crippen LogP contribution is -2.34. The molecular formula is C25H30N6O4S. The summed E-state index contributed by atoms with van der Waals surface area (Å²) in [5, 5.41) is 26.2. The summed E-state index contributed by atoms with van der Waals surface area (Å²) in [4.78, 5) is 36.0. The van der Waals surface area contributed by atoms with Gasteiger partial charge in [0.05, 0.1) is 22.8 Å².